The lowest BCUT2D eigenvalue weighted by atomic mass is 9.62. The van der Waals surface area contributed by atoms with Crippen LogP contribution in [0.4, 0.5) is 0 Å². The number of fused-ring (bicyclic) bond motifs is 4. The van der Waals surface area contributed by atoms with Gasteiger partial charge in [-0.05, 0) is 64.7 Å². The molecular formula is C52H36N2O2. The van der Waals surface area contributed by atoms with Crippen LogP contribution in [0.2, 0.25) is 0 Å². The molecule has 4 nitrogen and oxygen atoms in total. The molecule has 0 radical (unpaired) electrons. The predicted molar refractivity (Wildman–Crippen MR) is 222 cm³/mol. The van der Waals surface area contributed by atoms with Crippen molar-refractivity contribution in [1.82, 2.24) is 9.13 Å². The molecule has 2 aliphatic rings. The maximum atomic E-state index is 7.08. The molecule has 2 aliphatic heterocycles. The van der Waals surface area contributed by atoms with Gasteiger partial charge in [-0.25, -0.2) is 0 Å². The molecule has 0 saturated carbocycles. The molecule has 9 aromatic rings. The van der Waals surface area contributed by atoms with Gasteiger partial charge >= 0.3 is 0 Å². The Balaban J connectivity index is 1.31. The number of ether oxygens (including phenoxy) is 2. The highest BCUT2D eigenvalue weighted by molar-refractivity contribution is 5.76. The average Bonchev–Trinajstić information content (AvgIpc) is 3.91. The first-order chi connectivity index (χ1) is 27.8. The maximum Gasteiger partial charge on any atom is 0.150 e. The van der Waals surface area contributed by atoms with Crippen LogP contribution in [-0.2, 0) is 10.8 Å². The molecule has 0 bridgehead atoms. The molecule has 7 aromatic carbocycles. The summed E-state index contributed by atoms with van der Waals surface area (Å²) >= 11 is 0. The van der Waals surface area contributed by atoms with Gasteiger partial charge in [0, 0.05) is 41.0 Å². The fourth-order valence-electron chi connectivity index (χ4n) is 9.40. The van der Waals surface area contributed by atoms with Crippen molar-refractivity contribution >= 4 is 0 Å². The largest absolute Gasteiger partial charge is 0.455 e. The molecule has 266 valence electrons. The van der Waals surface area contributed by atoms with Crippen molar-refractivity contribution < 1.29 is 9.47 Å². The molecule has 0 unspecified atom stereocenters. The number of benzene rings is 7. The van der Waals surface area contributed by atoms with Gasteiger partial charge in [0.2, 0.25) is 0 Å². The summed E-state index contributed by atoms with van der Waals surface area (Å²) in [4.78, 5) is 0. The van der Waals surface area contributed by atoms with Crippen molar-refractivity contribution in [1.29, 1.82) is 0 Å². The normalized spacial score (nSPS) is 14.3. The molecule has 0 amide bonds. The van der Waals surface area contributed by atoms with Crippen molar-refractivity contribution in [2.24, 2.45) is 0 Å². The SMILES string of the molecule is c1ccc(-n2ccc3c2C(c2ccccc2)(c2ccccc2)c2cc4c(cc2O3)Oc2ccn(-c3ccccc3)c2C4(c2ccccc2)c2ccccc2)cc1. The van der Waals surface area contributed by atoms with Crippen molar-refractivity contribution in [3.05, 3.63) is 263 Å². The standard InChI is InChI=1S/C52H36N2O2/c1-7-19-37(20-8-1)51(38-21-9-2-10-22-38)43-35-44-48(36-47(43)55-45-31-33-53(49(45)51)41-27-15-5-16-28-41)56-46-32-34-54(42-29-17-6-18-30-42)50(46)52(44,39-23-11-3-12-24-39)40-25-13-4-14-26-40/h1-36H. The maximum absolute atomic E-state index is 7.08. The number of para-hydroxylation sites is 2. The second-order valence-electron chi connectivity index (χ2n) is 14.5. The third kappa shape index (κ3) is 4.53. The van der Waals surface area contributed by atoms with Gasteiger partial charge in [0.15, 0.2) is 0 Å². The second-order valence-corrected chi connectivity index (χ2v) is 14.5. The molecule has 0 fully saturated rings. The zero-order chi connectivity index (χ0) is 37.1. The molecule has 56 heavy (non-hydrogen) atoms. The third-order valence-corrected chi connectivity index (χ3v) is 11.6. The van der Waals surface area contributed by atoms with Gasteiger partial charge in [-0.3, -0.25) is 0 Å². The minimum atomic E-state index is -0.791. The van der Waals surface area contributed by atoms with Crippen LogP contribution in [0.1, 0.15) is 44.8 Å². The summed E-state index contributed by atoms with van der Waals surface area (Å²) in [5.74, 6) is 3.13. The third-order valence-electron chi connectivity index (χ3n) is 11.6. The summed E-state index contributed by atoms with van der Waals surface area (Å²) in [6, 6.07) is 73.4. The topological polar surface area (TPSA) is 28.3 Å². The van der Waals surface area contributed by atoms with Crippen molar-refractivity contribution in [3.8, 4) is 34.4 Å². The van der Waals surface area contributed by atoms with Gasteiger partial charge in [-0.15, -0.1) is 0 Å². The fourth-order valence-corrected chi connectivity index (χ4v) is 9.40. The smallest absolute Gasteiger partial charge is 0.150 e. The Morgan fingerprint density at radius 1 is 0.304 bits per heavy atom. The molecule has 4 heteroatoms. The molecule has 0 aliphatic carbocycles. The van der Waals surface area contributed by atoms with Crippen LogP contribution in [0.3, 0.4) is 0 Å². The van der Waals surface area contributed by atoms with Crippen molar-refractivity contribution in [2.45, 2.75) is 10.8 Å². The van der Waals surface area contributed by atoms with Gasteiger partial charge in [0.25, 0.3) is 0 Å². The monoisotopic (exact) mass is 720 g/mol. The zero-order valence-corrected chi connectivity index (χ0v) is 30.5. The van der Waals surface area contributed by atoms with Crippen LogP contribution in [-0.4, -0.2) is 9.13 Å². The first kappa shape index (κ1) is 32.2. The summed E-state index contributed by atoms with van der Waals surface area (Å²) in [7, 11) is 0. The van der Waals surface area contributed by atoms with E-state index in [2.05, 4.69) is 228 Å². The van der Waals surface area contributed by atoms with Gasteiger partial charge in [0.05, 0.1) is 22.2 Å². The first-order valence-electron chi connectivity index (χ1n) is 19.1. The highest BCUT2D eigenvalue weighted by Gasteiger charge is 2.53. The molecule has 11 rings (SSSR count). The van der Waals surface area contributed by atoms with Crippen LogP contribution in [0.5, 0.6) is 23.0 Å². The molecule has 4 heterocycles. The summed E-state index contributed by atoms with van der Waals surface area (Å²) in [5.41, 5.74) is 9.28. The van der Waals surface area contributed by atoms with E-state index in [1.54, 1.807) is 0 Å². The van der Waals surface area contributed by atoms with Crippen LogP contribution < -0.4 is 9.47 Å². The van der Waals surface area contributed by atoms with E-state index < -0.39 is 10.8 Å². The Hall–Kier alpha value is -7.30. The predicted octanol–water partition coefficient (Wildman–Crippen LogP) is 12.2. The van der Waals surface area contributed by atoms with E-state index in [0.29, 0.717) is 0 Å². The molecule has 0 atom stereocenters. The molecular weight excluding hydrogens is 685 g/mol. The van der Waals surface area contributed by atoms with Crippen LogP contribution in [0, 0.1) is 0 Å². The number of nitrogens with zero attached hydrogens (tertiary/aromatic N) is 2. The van der Waals surface area contributed by atoms with E-state index in [-0.39, 0.29) is 0 Å². The Morgan fingerprint density at radius 3 is 0.929 bits per heavy atom. The minimum absolute atomic E-state index is 0.760. The van der Waals surface area contributed by atoms with E-state index in [9.17, 15) is 0 Å². The zero-order valence-electron chi connectivity index (χ0n) is 30.5. The first-order valence-corrected chi connectivity index (χ1v) is 19.1. The minimum Gasteiger partial charge on any atom is -0.455 e. The second kappa shape index (κ2) is 12.6. The molecule has 0 N–H and O–H groups in total. The van der Waals surface area contributed by atoms with E-state index >= 15 is 0 Å². The summed E-state index contributed by atoms with van der Waals surface area (Å²) < 4.78 is 18.8. The molecule has 2 aromatic heterocycles. The molecule has 0 saturated heterocycles. The van der Waals surface area contributed by atoms with E-state index in [1.165, 1.54) is 0 Å². The van der Waals surface area contributed by atoms with Crippen LogP contribution in [0.25, 0.3) is 11.4 Å². The lowest BCUT2D eigenvalue weighted by Gasteiger charge is -2.45. The van der Waals surface area contributed by atoms with Gasteiger partial charge in [0.1, 0.15) is 23.0 Å². The summed E-state index contributed by atoms with van der Waals surface area (Å²) in [5, 5.41) is 0. The van der Waals surface area contributed by atoms with Crippen LogP contribution >= 0.6 is 0 Å². The number of hydrogen-bond acceptors (Lipinski definition) is 2. The van der Waals surface area contributed by atoms with E-state index in [1.807, 2.05) is 0 Å². The number of hydrogen-bond donors (Lipinski definition) is 0. The number of aromatic nitrogens is 2. The average molecular weight is 721 g/mol. The van der Waals surface area contributed by atoms with Gasteiger partial charge in [-0.2, -0.15) is 0 Å². The van der Waals surface area contributed by atoms with Crippen molar-refractivity contribution in [2.75, 3.05) is 0 Å². The Bertz CT molecular complexity index is 2560. The Kier molecular flexibility index (Phi) is 7.26. The lowest BCUT2D eigenvalue weighted by Crippen LogP contribution is -2.39. The van der Waals surface area contributed by atoms with Crippen molar-refractivity contribution in [3.63, 3.8) is 0 Å². The van der Waals surface area contributed by atoms with Crippen LogP contribution in [0.15, 0.2) is 219 Å². The van der Waals surface area contributed by atoms with Gasteiger partial charge in [-0.1, -0.05) is 158 Å². The van der Waals surface area contributed by atoms with E-state index in [4.69, 9.17) is 9.47 Å². The fraction of sp³-hybridized carbons (Fsp3) is 0.0385. The van der Waals surface area contributed by atoms with Gasteiger partial charge < -0.3 is 18.6 Å². The quantitative estimate of drug-likeness (QED) is 0.171. The highest BCUT2D eigenvalue weighted by atomic mass is 16.5. The molecule has 0 spiro atoms. The summed E-state index contributed by atoms with van der Waals surface area (Å²) in [6.07, 6.45) is 4.28. The summed E-state index contributed by atoms with van der Waals surface area (Å²) in [6.45, 7) is 0. The highest BCUT2D eigenvalue weighted by Crippen LogP contribution is 2.62. The lowest BCUT2D eigenvalue weighted by molar-refractivity contribution is 0.403. The van der Waals surface area contributed by atoms with E-state index in [0.717, 1.165) is 79.1 Å². The Morgan fingerprint density at radius 2 is 0.607 bits per heavy atom. The number of rotatable bonds is 6. The Labute approximate surface area is 326 Å².